The lowest BCUT2D eigenvalue weighted by Crippen LogP contribution is -2.31. The number of hydrogen-bond acceptors (Lipinski definition) is 6. The molecular formula is C19H25ClN2O3S. The number of nitrogens with zero attached hydrogens (tertiary/aromatic N) is 1. The fraction of sp³-hybridized carbons (Fsp3) is 0.526. The number of halogens is 1. The first-order chi connectivity index (χ1) is 12.7. The summed E-state index contributed by atoms with van der Waals surface area (Å²) >= 11 is 7.22. The number of aliphatic hydroxyl groups excluding tert-OH is 1. The van der Waals surface area contributed by atoms with Crippen molar-refractivity contribution in [1.29, 1.82) is 0 Å². The molecule has 0 fully saturated rings. The van der Waals surface area contributed by atoms with Crippen LogP contribution >= 0.6 is 23.4 Å². The number of allylic oxidation sites excluding steroid dienone is 1. The van der Waals surface area contributed by atoms with Gasteiger partial charge in [-0.15, -0.1) is 11.6 Å². The summed E-state index contributed by atoms with van der Waals surface area (Å²) in [5.74, 6) is 2.34. The van der Waals surface area contributed by atoms with Crippen molar-refractivity contribution in [2.75, 3.05) is 25.9 Å². The van der Waals surface area contributed by atoms with Crippen molar-refractivity contribution in [3.63, 3.8) is 0 Å². The number of amidine groups is 1. The molecule has 0 spiro atoms. The van der Waals surface area contributed by atoms with Gasteiger partial charge in [0.2, 0.25) is 0 Å². The molecule has 5 nitrogen and oxygen atoms in total. The van der Waals surface area contributed by atoms with Crippen molar-refractivity contribution in [3.8, 4) is 11.5 Å². The van der Waals surface area contributed by atoms with Crippen molar-refractivity contribution in [2.24, 2.45) is 4.99 Å². The lowest BCUT2D eigenvalue weighted by Gasteiger charge is -2.32. The fourth-order valence-corrected chi connectivity index (χ4v) is 4.42. The Morgan fingerprint density at radius 1 is 1.31 bits per heavy atom. The van der Waals surface area contributed by atoms with E-state index in [1.807, 2.05) is 18.2 Å². The highest BCUT2D eigenvalue weighted by Crippen LogP contribution is 2.43. The zero-order chi connectivity index (χ0) is 18.5. The van der Waals surface area contributed by atoms with Gasteiger partial charge in [-0.1, -0.05) is 11.8 Å². The van der Waals surface area contributed by atoms with E-state index in [1.54, 1.807) is 14.2 Å². The van der Waals surface area contributed by atoms with Crippen molar-refractivity contribution in [1.82, 2.24) is 5.32 Å². The van der Waals surface area contributed by atoms with Gasteiger partial charge in [-0.3, -0.25) is 0 Å². The van der Waals surface area contributed by atoms with Gasteiger partial charge in [0, 0.05) is 22.9 Å². The summed E-state index contributed by atoms with van der Waals surface area (Å²) in [6, 6.07) is 5.74. The molecule has 26 heavy (non-hydrogen) atoms. The molecule has 3 rings (SSSR count). The third kappa shape index (κ3) is 4.30. The minimum absolute atomic E-state index is 0.0905. The van der Waals surface area contributed by atoms with Gasteiger partial charge in [-0.2, -0.15) is 0 Å². The van der Waals surface area contributed by atoms with Crippen LogP contribution in [0.2, 0.25) is 0 Å². The average Bonchev–Trinajstić information content (AvgIpc) is 2.70. The molecule has 1 heterocycles. The predicted octanol–water partition coefficient (Wildman–Crippen LogP) is 3.87. The van der Waals surface area contributed by atoms with Gasteiger partial charge in [-0.25, -0.2) is 4.99 Å². The van der Waals surface area contributed by atoms with Crippen LogP contribution in [-0.4, -0.2) is 42.2 Å². The van der Waals surface area contributed by atoms with Crippen LogP contribution in [0.4, 0.5) is 0 Å². The van der Waals surface area contributed by atoms with Gasteiger partial charge in [0.15, 0.2) is 5.17 Å². The Morgan fingerprint density at radius 3 is 2.85 bits per heavy atom. The maximum atomic E-state index is 9.77. The van der Waals surface area contributed by atoms with Crippen LogP contribution in [0.5, 0.6) is 11.5 Å². The normalized spacial score (nSPS) is 20.8. The predicted molar refractivity (Wildman–Crippen MR) is 108 cm³/mol. The fourth-order valence-electron chi connectivity index (χ4n) is 3.33. The molecule has 1 aromatic carbocycles. The van der Waals surface area contributed by atoms with E-state index in [1.165, 1.54) is 35.9 Å². The first kappa shape index (κ1) is 19.4. The van der Waals surface area contributed by atoms with Gasteiger partial charge in [-0.05, 0) is 49.5 Å². The second-order valence-corrected chi connectivity index (χ2v) is 7.72. The molecule has 1 aliphatic heterocycles. The molecule has 7 heteroatoms. The van der Waals surface area contributed by atoms with Gasteiger partial charge in [0.05, 0.1) is 20.3 Å². The Labute approximate surface area is 163 Å². The Kier molecular flexibility index (Phi) is 6.73. The summed E-state index contributed by atoms with van der Waals surface area (Å²) in [6.07, 6.45) is 3.86. The van der Waals surface area contributed by atoms with Crippen molar-refractivity contribution < 1.29 is 14.6 Å². The standard InChI is InChI=1S/C19H25ClN2O3S/c1-24-13-7-8-17(25-2)15(9-13)18-14-5-3-4-6-16(14)21-19(22-18)26-11-12(23)10-20/h7-9,12,18,23H,3-6,10-11H2,1-2H3,(H,21,22). The van der Waals surface area contributed by atoms with E-state index in [4.69, 9.17) is 26.1 Å². The molecule has 0 amide bonds. The summed E-state index contributed by atoms with van der Waals surface area (Å²) in [4.78, 5) is 4.95. The van der Waals surface area contributed by atoms with Crippen LogP contribution in [0.3, 0.4) is 0 Å². The quantitative estimate of drug-likeness (QED) is 0.715. The van der Waals surface area contributed by atoms with E-state index in [0.29, 0.717) is 5.75 Å². The smallest absolute Gasteiger partial charge is 0.161 e. The Balaban J connectivity index is 1.96. The lowest BCUT2D eigenvalue weighted by molar-refractivity contribution is 0.224. The third-order valence-corrected chi connectivity index (χ3v) is 6.06. The molecule has 2 aliphatic rings. The van der Waals surface area contributed by atoms with Crippen LogP contribution in [0, 0.1) is 0 Å². The number of aliphatic imine (C=N–C) groups is 1. The number of thioether (sulfide) groups is 1. The Bertz CT molecular complexity index is 708. The zero-order valence-corrected chi connectivity index (χ0v) is 16.7. The summed E-state index contributed by atoms with van der Waals surface area (Å²) in [5.41, 5.74) is 3.59. The number of alkyl halides is 1. The average molecular weight is 397 g/mol. The van der Waals surface area contributed by atoms with Crippen LogP contribution in [-0.2, 0) is 0 Å². The highest BCUT2D eigenvalue weighted by molar-refractivity contribution is 8.13. The van der Waals surface area contributed by atoms with Crippen molar-refractivity contribution in [2.45, 2.75) is 37.8 Å². The van der Waals surface area contributed by atoms with E-state index in [2.05, 4.69) is 5.32 Å². The summed E-state index contributed by atoms with van der Waals surface area (Å²) < 4.78 is 11.0. The van der Waals surface area contributed by atoms with E-state index in [9.17, 15) is 5.11 Å². The van der Waals surface area contributed by atoms with Crippen molar-refractivity contribution in [3.05, 3.63) is 35.0 Å². The number of rotatable bonds is 6. The number of methoxy groups -OCH3 is 2. The minimum atomic E-state index is -0.544. The van der Waals surface area contributed by atoms with Gasteiger partial charge in [0.25, 0.3) is 0 Å². The number of ether oxygens (including phenoxy) is 2. The second-order valence-electron chi connectivity index (χ2n) is 6.40. The summed E-state index contributed by atoms with van der Waals surface area (Å²) in [6.45, 7) is 0. The monoisotopic (exact) mass is 396 g/mol. The topological polar surface area (TPSA) is 63.1 Å². The van der Waals surface area contributed by atoms with E-state index in [-0.39, 0.29) is 11.9 Å². The molecule has 0 bridgehead atoms. The van der Waals surface area contributed by atoms with Gasteiger partial charge >= 0.3 is 0 Å². The van der Waals surface area contributed by atoms with Crippen LogP contribution in [0.25, 0.3) is 0 Å². The van der Waals surface area contributed by atoms with Gasteiger partial charge in [0.1, 0.15) is 17.5 Å². The maximum absolute atomic E-state index is 9.77. The molecule has 0 radical (unpaired) electrons. The third-order valence-electron chi connectivity index (χ3n) is 4.67. The van der Waals surface area contributed by atoms with Crippen LogP contribution < -0.4 is 14.8 Å². The largest absolute Gasteiger partial charge is 0.497 e. The number of hydrogen-bond donors (Lipinski definition) is 2. The zero-order valence-electron chi connectivity index (χ0n) is 15.1. The molecule has 1 aliphatic carbocycles. The molecular weight excluding hydrogens is 372 g/mol. The SMILES string of the molecule is COc1ccc(OC)c(C2N=C(SCC(O)CCl)NC3=C2CCCC3)c1. The van der Waals surface area contributed by atoms with Crippen LogP contribution in [0.1, 0.15) is 37.3 Å². The highest BCUT2D eigenvalue weighted by atomic mass is 35.5. The van der Waals surface area contributed by atoms with Crippen molar-refractivity contribution >= 4 is 28.5 Å². The summed E-state index contributed by atoms with van der Waals surface area (Å²) in [7, 11) is 3.34. The Morgan fingerprint density at radius 2 is 2.12 bits per heavy atom. The molecule has 0 aromatic heterocycles. The first-order valence-corrected chi connectivity index (χ1v) is 10.3. The second kappa shape index (κ2) is 9.02. The molecule has 2 atom stereocenters. The lowest BCUT2D eigenvalue weighted by atomic mass is 9.86. The number of nitrogens with one attached hydrogen (secondary N) is 1. The number of benzene rings is 1. The molecule has 0 saturated carbocycles. The molecule has 0 saturated heterocycles. The molecule has 1 aromatic rings. The minimum Gasteiger partial charge on any atom is -0.497 e. The van der Waals surface area contributed by atoms with E-state index < -0.39 is 6.10 Å². The first-order valence-electron chi connectivity index (χ1n) is 8.81. The molecule has 2 N–H and O–H groups in total. The molecule has 2 unspecified atom stereocenters. The van der Waals surface area contributed by atoms with Crippen LogP contribution in [0.15, 0.2) is 34.5 Å². The Hall–Kier alpha value is -1.37. The number of aliphatic hydroxyl groups is 1. The van der Waals surface area contributed by atoms with E-state index in [0.717, 1.165) is 35.1 Å². The summed E-state index contributed by atoms with van der Waals surface area (Å²) in [5, 5.41) is 14.1. The molecule has 142 valence electrons. The van der Waals surface area contributed by atoms with E-state index >= 15 is 0 Å². The van der Waals surface area contributed by atoms with Gasteiger partial charge < -0.3 is 19.9 Å². The highest BCUT2D eigenvalue weighted by Gasteiger charge is 2.30. The maximum Gasteiger partial charge on any atom is 0.161 e.